The van der Waals surface area contributed by atoms with E-state index in [1.165, 1.54) is 0 Å². The van der Waals surface area contributed by atoms with Crippen LogP contribution in [0.5, 0.6) is 0 Å². The third-order valence-electron chi connectivity index (χ3n) is 0.509. The SMILES string of the molecule is C=C=CCNC=C. The van der Waals surface area contributed by atoms with Crippen LogP contribution < -0.4 is 5.32 Å². The predicted molar refractivity (Wildman–Crippen MR) is 31.9 cm³/mol. The first-order valence-electron chi connectivity index (χ1n) is 2.10. The highest BCUT2D eigenvalue weighted by atomic mass is 14.8. The third kappa shape index (κ3) is 5.06. The van der Waals surface area contributed by atoms with Crippen LogP contribution in [0.3, 0.4) is 0 Å². The normalized spacial score (nSPS) is 6.29. The molecule has 0 aromatic rings. The van der Waals surface area contributed by atoms with Gasteiger partial charge in [0, 0.05) is 6.54 Å². The minimum Gasteiger partial charge on any atom is -0.387 e. The van der Waals surface area contributed by atoms with Crippen LogP contribution in [0.1, 0.15) is 0 Å². The van der Waals surface area contributed by atoms with E-state index < -0.39 is 0 Å². The lowest BCUT2D eigenvalue weighted by Gasteiger charge is -1.85. The summed E-state index contributed by atoms with van der Waals surface area (Å²) in [6.45, 7) is 7.60. The van der Waals surface area contributed by atoms with Gasteiger partial charge in [0.05, 0.1) is 0 Å². The van der Waals surface area contributed by atoms with Crippen molar-refractivity contribution in [2.24, 2.45) is 0 Å². The topological polar surface area (TPSA) is 12.0 Å². The van der Waals surface area contributed by atoms with Gasteiger partial charge in [-0.25, -0.2) is 0 Å². The van der Waals surface area contributed by atoms with E-state index in [4.69, 9.17) is 0 Å². The molecule has 0 rings (SSSR count). The van der Waals surface area contributed by atoms with E-state index in [1.807, 2.05) is 0 Å². The number of hydrogen-bond acceptors (Lipinski definition) is 1. The average molecular weight is 95.1 g/mol. The van der Waals surface area contributed by atoms with Gasteiger partial charge in [0.2, 0.25) is 0 Å². The highest BCUT2D eigenvalue weighted by Crippen LogP contribution is 1.58. The predicted octanol–water partition coefficient (Wildman–Crippen LogP) is 1.06. The Bertz CT molecular complexity index is 88.4. The van der Waals surface area contributed by atoms with E-state index in [9.17, 15) is 0 Å². The lowest BCUT2D eigenvalue weighted by Crippen LogP contribution is -2.01. The second-order valence-corrected chi connectivity index (χ2v) is 1.02. The van der Waals surface area contributed by atoms with Gasteiger partial charge in [0.15, 0.2) is 0 Å². The van der Waals surface area contributed by atoms with E-state index in [0.717, 1.165) is 6.54 Å². The molecule has 0 atom stereocenters. The Kier molecular flexibility index (Phi) is 4.38. The molecule has 0 saturated carbocycles. The summed E-state index contributed by atoms with van der Waals surface area (Å²) < 4.78 is 0. The minimum absolute atomic E-state index is 0.771. The van der Waals surface area contributed by atoms with E-state index >= 15 is 0 Å². The molecule has 0 aromatic heterocycles. The standard InChI is InChI=1S/C6H9N/c1-3-5-6-7-4-2/h4-5,7H,1-2,6H2. The molecule has 0 aliphatic carbocycles. The van der Waals surface area contributed by atoms with E-state index in [1.54, 1.807) is 12.3 Å². The Labute approximate surface area is 44.0 Å². The second-order valence-electron chi connectivity index (χ2n) is 1.02. The molecule has 0 heterocycles. The van der Waals surface area contributed by atoms with Crippen LogP contribution in [0.25, 0.3) is 0 Å². The van der Waals surface area contributed by atoms with Gasteiger partial charge in [-0.15, -0.1) is 5.73 Å². The molecule has 0 bridgehead atoms. The van der Waals surface area contributed by atoms with Gasteiger partial charge < -0.3 is 5.32 Å². The van der Waals surface area contributed by atoms with Crippen LogP contribution in [0.4, 0.5) is 0 Å². The first-order valence-corrected chi connectivity index (χ1v) is 2.10. The lowest BCUT2D eigenvalue weighted by atomic mass is 10.6. The van der Waals surface area contributed by atoms with Gasteiger partial charge >= 0.3 is 0 Å². The van der Waals surface area contributed by atoms with Gasteiger partial charge in [-0.3, -0.25) is 0 Å². The zero-order chi connectivity index (χ0) is 5.54. The zero-order valence-electron chi connectivity index (χ0n) is 4.28. The molecule has 1 heteroatoms. The number of nitrogens with one attached hydrogen (secondary N) is 1. The molecular weight excluding hydrogens is 86.1 g/mol. The molecule has 0 spiro atoms. The van der Waals surface area contributed by atoms with Crippen LogP contribution in [-0.4, -0.2) is 6.54 Å². The summed E-state index contributed by atoms with van der Waals surface area (Å²) in [7, 11) is 0. The van der Waals surface area contributed by atoms with Gasteiger partial charge in [0.1, 0.15) is 0 Å². The van der Waals surface area contributed by atoms with Gasteiger partial charge in [-0.05, 0) is 12.3 Å². The van der Waals surface area contributed by atoms with Crippen molar-refractivity contribution < 1.29 is 0 Å². The van der Waals surface area contributed by atoms with Crippen LogP contribution in [0, 0.1) is 0 Å². The van der Waals surface area contributed by atoms with Crippen LogP contribution >= 0.6 is 0 Å². The van der Waals surface area contributed by atoms with Crippen molar-refractivity contribution in [1.29, 1.82) is 0 Å². The van der Waals surface area contributed by atoms with Crippen molar-refractivity contribution in [3.05, 3.63) is 31.2 Å². The summed E-state index contributed by atoms with van der Waals surface area (Å²) in [4.78, 5) is 0. The quantitative estimate of drug-likeness (QED) is 0.408. The molecule has 0 aromatic carbocycles. The van der Waals surface area contributed by atoms with E-state index in [0.29, 0.717) is 0 Å². The number of rotatable bonds is 3. The van der Waals surface area contributed by atoms with Gasteiger partial charge in [0.25, 0.3) is 0 Å². The van der Waals surface area contributed by atoms with Gasteiger partial charge in [-0.2, -0.15) is 0 Å². The Morgan fingerprint density at radius 2 is 2.43 bits per heavy atom. The molecule has 0 aliphatic rings. The molecule has 1 N–H and O–H groups in total. The van der Waals surface area contributed by atoms with Gasteiger partial charge in [-0.1, -0.05) is 13.2 Å². The smallest absolute Gasteiger partial charge is 0.0399 e. The van der Waals surface area contributed by atoms with Crippen molar-refractivity contribution in [2.75, 3.05) is 6.54 Å². The monoisotopic (exact) mass is 95.1 g/mol. The Hall–Kier alpha value is -0.940. The summed E-state index contributed by atoms with van der Waals surface area (Å²) in [5, 5.41) is 2.86. The van der Waals surface area contributed by atoms with E-state index in [2.05, 4.69) is 24.2 Å². The number of hydrogen-bond donors (Lipinski definition) is 1. The van der Waals surface area contributed by atoms with Crippen LogP contribution in [0.15, 0.2) is 31.2 Å². The van der Waals surface area contributed by atoms with Crippen molar-refractivity contribution in [3.8, 4) is 0 Å². The lowest BCUT2D eigenvalue weighted by molar-refractivity contribution is 0.991. The fourth-order valence-corrected chi connectivity index (χ4v) is 0.214. The molecule has 0 aliphatic heterocycles. The first-order chi connectivity index (χ1) is 3.41. The molecule has 1 nitrogen and oxygen atoms in total. The molecule has 38 valence electrons. The summed E-state index contributed by atoms with van der Waals surface area (Å²) >= 11 is 0. The second kappa shape index (κ2) is 5.06. The Morgan fingerprint density at radius 3 is 2.86 bits per heavy atom. The van der Waals surface area contributed by atoms with Crippen molar-refractivity contribution in [2.45, 2.75) is 0 Å². The van der Waals surface area contributed by atoms with Crippen molar-refractivity contribution in [1.82, 2.24) is 5.32 Å². The first kappa shape index (κ1) is 6.06. The molecular formula is C6H9N. The molecule has 0 amide bonds. The molecule has 0 saturated heterocycles. The van der Waals surface area contributed by atoms with E-state index in [-0.39, 0.29) is 0 Å². The summed E-state index contributed by atoms with van der Waals surface area (Å²) in [5.41, 5.74) is 2.62. The minimum atomic E-state index is 0.771. The van der Waals surface area contributed by atoms with Crippen LogP contribution in [-0.2, 0) is 0 Å². The molecule has 0 radical (unpaired) electrons. The molecule has 7 heavy (non-hydrogen) atoms. The fourth-order valence-electron chi connectivity index (χ4n) is 0.214. The highest BCUT2D eigenvalue weighted by molar-refractivity contribution is 4.80. The highest BCUT2D eigenvalue weighted by Gasteiger charge is 1.62. The summed E-state index contributed by atoms with van der Waals surface area (Å²) in [6.07, 6.45) is 3.43. The summed E-state index contributed by atoms with van der Waals surface area (Å²) in [5.74, 6) is 0. The average Bonchev–Trinajstić information content (AvgIpc) is 1.69. The fraction of sp³-hybridized carbons (Fsp3) is 0.167. The van der Waals surface area contributed by atoms with Crippen molar-refractivity contribution in [3.63, 3.8) is 0 Å². The van der Waals surface area contributed by atoms with Crippen LogP contribution in [0.2, 0.25) is 0 Å². The van der Waals surface area contributed by atoms with Crippen molar-refractivity contribution >= 4 is 0 Å². The third-order valence-corrected chi connectivity index (χ3v) is 0.509. The largest absolute Gasteiger partial charge is 0.387 e. The molecule has 0 fully saturated rings. The maximum atomic E-state index is 3.45. The Morgan fingerprint density at radius 1 is 1.71 bits per heavy atom. The molecule has 0 unspecified atom stereocenters. The zero-order valence-corrected chi connectivity index (χ0v) is 4.28. The summed E-state index contributed by atoms with van der Waals surface area (Å²) in [6, 6.07) is 0. The maximum Gasteiger partial charge on any atom is 0.0399 e. The maximum absolute atomic E-state index is 3.45. The Balaban J connectivity index is 2.97.